The highest BCUT2D eigenvalue weighted by Crippen LogP contribution is 2.20. The Morgan fingerprint density at radius 3 is 2.60 bits per heavy atom. The van der Waals surface area contributed by atoms with E-state index < -0.39 is 0 Å². The lowest BCUT2D eigenvalue weighted by atomic mass is 9.55. The van der Waals surface area contributed by atoms with Crippen LogP contribution < -0.4 is 20.4 Å². The van der Waals surface area contributed by atoms with E-state index in [4.69, 9.17) is 14.1 Å². The molecule has 0 aromatic heterocycles. The number of fused-ring (bicyclic) bond motifs is 1. The molecule has 0 atom stereocenters. The van der Waals surface area contributed by atoms with Gasteiger partial charge in [-0.1, -0.05) is 12.1 Å². The first-order valence-electron chi connectivity index (χ1n) is 6.35. The molecule has 0 spiro atoms. The summed E-state index contributed by atoms with van der Waals surface area (Å²) in [5, 5.41) is 0. The molecule has 3 rings (SSSR count). The van der Waals surface area contributed by atoms with Crippen molar-refractivity contribution in [1.29, 1.82) is 0 Å². The maximum absolute atomic E-state index is 13.2. The van der Waals surface area contributed by atoms with Gasteiger partial charge in [-0.15, -0.1) is 0 Å². The molecule has 1 aliphatic rings. The molecule has 0 unspecified atom stereocenters. The molecule has 0 radical (unpaired) electrons. The van der Waals surface area contributed by atoms with Crippen LogP contribution in [0.1, 0.15) is 5.56 Å². The van der Waals surface area contributed by atoms with E-state index in [0.29, 0.717) is 12.4 Å². The first-order chi connectivity index (χ1) is 9.72. The third kappa shape index (κ3) is 2.14. The normalized spacial score (nSPS) is 13.2. The van der Waals surface area contributed by atoms with Crippen LogP contribution in [0, 0.1) is 5.82 Å². The van der Waals surface area contributed by atoms with E-state index in [2.05, 4.69) is 0 Å². The van der Waals surface area contributed by atoms with Gasteiger partial charge in [-0.25, -0.2) is 4.39 Å². The van der Waals surface area contributed by atoms with Crippen molar-refractivity contribution in [3.05, 3.63) is 47.8 Å². The number of hydrogen-bond donors (Lipinski definition) is 0. The number of rotatable bonds is 3. The Labute approximate surface area is 117 Å². The van der Waals surface area contributed by atoms with Crippen molar-refractivity contribution in [2.75, 3.05) is 14.2 Å². The van der Waals surface area contributed by atoms with Crippen LogP contribution in [0.2, 0.25) is 0 Å². The highest BCUT2D eigenvalue weighted by Gasteiger charge is 2.32. The predicted molar refractivity (Wildman–Crippen MR) is 75.8 cm³/mol. The van der Waals surface area contributed by atoms with E-state index in [1.165, 1.54) is 12.1 Å². The molecule has 2 aromatic rings. The Kier molecular flexibility index (Phi) is 3.36. The number of benzene rings is 2. The van der Waals surface area contributed by atoms with Crippen LogP contribution in [0.25, 0.3) is 0 Å². The SMILES string of the molecule is COc1ccc(B2OCc3cc(F)ccc32)c(OC)c1. The van der Waals surface area contributed by atoms with Gasteiger partial charge in [-0.2, -0.15) is 0 Å². The maximum Gasteiger partial charge on any atom is 0.366 e. The highest BCUT2D eigenvalue weighted by molar-refractivity contribution is 6.81. The molecule has 1 aliphatic heterocycles. The molecular weight excluding hydrogens is 258 g/mol. The van der Waals surface area contributed by atoms with Gasteiger partial charge in [0.15, 0.2) is 0 Å². The number of methoxy groups -OCH3 is 2. The lowest BCUT2D eigenvalue weighted by Gasteiger charge is -2.13. The largest absolute Gasteiger partial charge is 0.497 e. The maximum atomic E-state index is 13.2. The van der Waals surface area contributed by atoms with Crippen LogP contribution in [-0.4, -0.2) is 21.1 Å². The topological polar surface area (TPSA) is 27.7 Å². The van der Waals surface area contributed by atoms with Crippen LogP contribution in [-0.2, 0) is 11.3 Å². The molecular formula is C15H14BFO3. The first-order valence-corrected chi connectivity index (χ1v) is 6.35. The Morgan fingerprint density at radius 1 is 1.05 bits per heavy atom. The summed E-state index contributed by atoms with van der Waals surface area (Å²) in [7, 11) is 3.22. The van der Waals surface area contributed by atoms with Crippen LogP contribution in [0.15, 0.2) is 36.4 Å². The molecule has 0 saturated heterocycles. The molecule has 0 amide bonds. The average Bonchev–Trinajstić information content (AvgIpc) is 2.89. The minimum absolute atomic E-state index is 0.230. The second-order valence-electron chi connectivity index (χ2n) is 4.64. The fourth-order valence-corrected chi connectivity index (χ4v) is 2.51. The molecule has 20 heavy (non-hydrogen) atoms. The van der Waals surface area contributed by atoms with E-state index in [1.807, 2.05) is 18.2 Å². The van der Waals surface area contributed by atoms with Gasteiger partial charge in [-0.05, 0) is 34.7 Å². The van der Waals surface area contributed by atoms with Crippen LogP contribution in [0.4, 0.5) is 4.39 Å². The molecule has 0 aliphatic carbocycles. The van der Waals surface area contributed by atoms with Crippen molar-refractivity contribution >= 4 is 17.8 Å². The van der Waals surface area contributed by atoms with E-state index in [0.717, 1.165) is 22.2 Å². The van der Waals surface area contributed by atoms with Crippen LogP contribution in [0.5, 0.6) is 11.5 Å². The summed E-state index contributed by atoms with van der Waals surface area (Å²) in [6.07, 6.45) is 0. The van der Waals surface area contributed by atoms with Gasteiger partial charge in [0, 0.05) is 6.07 Å². The molecule has 102 valence electrons. The average molecular weight is 272 g/mol. The molecule has 5 heteroatoms. The van der Waals surface area contributed by atoms with Gasteiger partial charge in [0.2, 0.25) is 0 Å². The van der Waals surface area contributed by atoms with Crippen molar-refractivity contribution < 1.29 is 18.5 Å². The van der Waals surface area contributed by atoms with Crippen molar-refractivity contribution in [2.45, 2.75) is 6.61 Å². The number of halogens is 1. The summed E-state index contributed by atoms with van der Waals surface area (Å²) in [4.78, 5) is 0. The predicted octanol–water partition coefficient (Wildman–Crippen LogP) is 1.48. The molecule has 0 bridgehead atoms. The number of ether oxygens (including phenoxy) is 2. The minimum atomic E-state index is -0.241. The van der Waals surface area contributed by atoms with Gasteiger partial charge in [0.05, 0.1) is 20.8 Å². The fraction of sp³-hybridized carbons (Fsp3) is 0.200. The molecule has 0 N–H and O–H groups in total. The lowest BCUT2D eigenvalue weighted by Crippen LogP contribution is -2.41. The lowest BCUT2D eigenvalue weighted by molar-refractivity contribution is 0.335. The Hall–Kier alpha value is -2.01. The standard InChI is InChI=1S/C15H14BFO3/c1-18-12-4-6-14(15(8-12)19-2)16-13-5-3-11(17)7-10(13)9-20-16/h3-8H,9H2,1-2H3. The van der Waals surface area contributed by atoms with Gasteiger partial charge in [0.25, 0.3) is 0 Å². The van der Waals surface area contributed by atoms with Gasteiger partial charge >= 0.3 is 6.92 Å². The summed E-state index contributed by atoms with van der Waals surface area (Å²) >= 11 is 0. The third-order valence-corrected chi connectivity index (χ3v) is 3.52. The van der Waals surface area contributed by atoms with E-state index >= 15 is 0 Å². The van der Waals surface area contributed by atoms with Crippen LogP contribution >= 0.6 is 0 Å². The van der Waals surface area contributed by atoms with E-state index in [1.54, 1.807) is 20.3 Å². The minimum Gasteiger partial charge on any atom is -0.497 e. The monoisotopic (exact) mass is 272 g/mol. The Bertz CT molecular complexity index is 645. The second kappa shape index (κ2) is 5.17. The van der Waals surface area contributed by atoms with Crippen molar-refractivity contribution in [3.8, 4) is 11.5 Å². The van der Waals surface area contributed by atoms with Crippen molar-refractivity contribution in [1.82, 2.24) is 0 Å². The number of hydrogen-bond acceptors (Lipinski definition) is 3. The van der Waals surface area contributed by atoms with Crippen LogP contribution in [0.3, 0.4) is 0 Å². The van der Waals surface area contributed by atoms with Crippen molar-refractivity contribution in [2.24, 2.45) is 0 Å². The van der Waals surface area contributed by atoms with E-state index in [9.17, 15) is 4.39 Å². The summed E-state index contributed by atoms with van der Waals surface area (Å²) in [5.41, 5.74) is 2.78. The van der Waals surface area contributed by atoms with E-state index in [-0.39, 0.29) is 12.7 Å². The molecule has 1 heterocycles. The smallest absolute Gasteiger partial charge is 0.366 e. The van der Waals surface area contributed by atoms with Crippen molar-refractivity contribution in [3.63, 3.8) is 0 Å². The third-order valence-electron chi connectivity index (χ3n) is 3.52. The summed E-state index contributed by atoms with van der Waals surface area (Å²) in [6.45, 7) is 0.180. The first kappa shape index (κ1) is 13.0. The molecule has 3 nitrogen and oxygen atoms in total. The second-order valence-corrected chi connectivity index (χ2v) is 4.64. The fourth-order valence-electron chi connectivity index (χ4n) is 2.51. The van der Waals surface area contributed by atoms with Gasteiger partial charge in [0.1, 0.15) is 17.3 Å². The summed E-state index contributed by atoms with van der Waals surface area (Å²) < 4.78 is 29.6. The zero-order valence-electron chi connectivity index (χ0n) is 11.4. The summed E-state index contributed by atoms with van der Waals surface area (Å²) in [5.74, 6) is 1.18. The molecule has 2 aromatic carbocycles. The van der Waals surface area contributed by atoms with Gasteiger partial charge < -0.3 is 14.1 Å². The molecule has 0 fully saturated rings. The zero-order chi connectivity index (χ0) is 14.1. The summed E-state index contributed by atoms with van der Waals surface area (Å²) in [6, 6.07) is 10.3. The highest BCUT2D eigenvalue weighted by atomic mass is 19.1. The quantitative estimate of drug-likeness (QED) is 0.792. The van der Waals surface area contributed by atoms with Gasteiger partial charge in [-0.3, -0.25) is 0 Å². The molecule has 0 saturated carbocycles. The Balaban J connectivity index is 2.03. The Morgan fingerprint density at radius 2 is 1.85 bits per heavy atom. The zero-order valence-corrected chi connectivity index (χ0v) is 11.4.